The van der Waals surface area contributed by atoms with Crippen LogP contribution in [0, 0.1) is 5.92 Å². The van der Waals surface area contributed by atoms with Crippen LogP contribution in [-0.4, -0.2) is 52.3 Å². The number of pyridine rings is 1. The van der Waals surface area contributed by atoms with E-state index in [1.165, 1.54) is 0 Å². The van der Waals surface area contributed by atoms with Crippen LogP contribution >= 0.6 is 24.0 Å². The van der Waals surface area contributed by atoms with Gasteiger partial charge < -0.3 is 20.4 Å². The minimum atomic E-state index is -0.217. The largest absolute Gasteiger partial charge is 0.370 e. The summed E-state index contributed by atoms with van der Waals surface area (Å²) in [7, 11) is 0. The number of fused-ring (bicyclic) bond motifs is 1. The summed E-state index contributed by atoms with van der Waals surface area (Å²) in [4.78, 5) is 22.9. The van der Waals surface area contributed by atoms with E-state index in [1.807, 2.05) is 28.8 Å². The second-order valence-corrected chi connectivity index (χ2v) is 6.81. The molecule has 1 fully saturated rings. The number of halogens is 1. The Balaban J connectivity index is 0.00000261. The van der Waals surface area contributed by atoms with Crippen molar-refractivity contribution in [2.24, 2.45) is 16.6 Å². The smallest absolute Gasteiger partial charge is 0.217 e. The van der Waals surface area contributed by atoms with Crippen LogP contribution in [0.15, 0.2) is 35.6 Å². The van der Waals surface area contributed by atoms with Crippen molar-refractivity contribution in [1.29, 1.82) is 0 Å². The Kier molecular flexibility index (Phi) is 8.33. The third-order valence-corrected chi connectivity index (χ3v) is 4.69. The number of primary amides is 1. The molecule has 1 unspecified atom stereocenters. The molecule has 2 aromatic rings. The number of hydrogen-bond acceptors (Lipinski definition) is 3. The first-order chi connectivity index (χ1) is 12.7. The van der Waals surface area contributed by atoms with Crippen molar-refractivity contribution in [3.8, 4) is 0 Å². The van der Waals surface area contributed by atoms with Crippen molar-refractivity contribution in [3.05, 3.63) is 36.3 Å². The molecule has 1 atom stereocenters. The standard InChI is InChI=1S/C19H28N6O.HI/c1-2-21-19(25-11-5-6-15(13-25)12-17(20)26)22-9-8-16-14-24-10-4-3-7-18(24)23-16;/h3-4,7,10,14-15H,2,5-6,8-9,11-13H2,1H3,(H2,20,26)(H,21,22);1H. The van der Waals surface area contributed by atoms with E-state index in [9.17, 15) is 4.79 Å². The third-order valence-electron chi connectivity index (χ3n) is 4.69. The van der Waals surface area contributed by atoms with Gasteiger partial charge in [0.05, 0.1) is 5.69 Å². The van der Waals surface area contributed by atoms with Crippen LogP contribution in [0.25, 0.3) is 5.65 Å². The Morgan fingerprint density at radius 3 is 3.04 bits per heavy atom. The van der Waals surface area contributed by atoms with Gasteiger partial charge in [-0.25, -0.2) is 4.98 Å². The maximum absolute atomic E-state index is 11.2. The zero-order valence-corrected chi connectivity index (χ0v) is 18.1. The molecule has 3 heterocycles. The maximum Gasteiger partial charge on any atom is 0.217 e. The molecule has 0 aromatic carbocycles. The molecule has 0 aliphatic carbocycles. The molecule has 148 valence electrons. The van der Waals surface area contributed by atoms with Gasteiger partial charge in [-0.1, -0.05) is 6.07 Å². The quantitative estimate of drug-likeness (QED) is 0.373. The van der Waals surface area contributed by atoms with E-state index in [0.717, 1.165) is 56.2 Å². The number of amides is 1. The van der Waals surface area contributed by atoms with Crippen LogP contribution in [0.3, 0.4) is 0 Å². The van der Waals surface area contributed by atoms with Gasteiger partial charge in [-0.15, -0.1) is 24.0 Å². The minimum Gasteiger partial charge on any atom is -0.370 e. The summed E-state index contributed by atoms with van der Waals surface area (Å²) >= 11 is 0. The number of nitrogens with one attached hydrogen (secondary N) is 1. The summed E-state index contributed by atoms with van der Waals surface area (Å²) in [5.41, 5.74) is 7.37. The summed E-state index contributed by atoms with van der Waals surface area (Å²) in [6.07, 6.45) is 7.44. The first-order valence-electron chi connectivity index (χ1n) is 9.40. The Hall–Kier alpha value is -1.84. The van der Waals surface area contributed by atoms with E-state index in [-0.39, 0.29) is 29.9 Å². The Morgan fingerprint density at radius 2 is 2.30 bits per heavy atom. The number of piperidine rings is 1. The fraction of sp³-hybridized carbons (Fsp3) is 0.526. The summed E-state index contributed by atoms with van der Waals surface area (Å²) in [6, 6.07) is 5.99. The van der Waals surface area contributed by atoms with Crippen molar-refractivity contribution in [2.75, 3.05) is 26.2 Å². The van der Waals surface area contributed by atoms with Gasteiger partial charge in [0.25, 0.3) is 0 Å². The zero-order chi connectivity index (χ0) is 18.4. The molecule has 3 N–H and O–H groups in total. The minimum absolute atomic E-state index is 0. The van der Waals surface area contributed by atoms with Gasteiger partial charge in [0, 0.05) is 51.4 Å². The van der Waals surface area contributed by atoms with E-state index < -0.39 is 0 Å². The summed E-state index contributed by atoms with van der Waals surface area (Å²) in [6.45, 7) is 5.38. The number of imidazole rings is 1. The monoisotopic (exact) mass is 484 g/mol. The molecule has 3 rings (SSSR count). The molecule has 2 aromatic heterocycles. The Bertz CT molecular complexity index is 741. The van der Waals surface area contributed by atoms with Gasteiger partial charge in [-0.2, -0.15) is 0 Å². The number of nitrogens with two attached hydrogens (primary N) is 1. The highest BCUT2D eigenvalue weighted by Gasteiger charge is 2.23. The highest BCUT2D eigenvalue weighted by Crippen LogP contribution is 2.19. The third kappa shape index (κ3) is 6.08. The molecule has 7 nitrogen and oxygen atoms in total. The number of carbonyl (C=O) groups is 1. The lowest BCUT2D eigenvalue weighted by Gasteiger charge is -2.34. The van der Waals surface area contributed by atoms with Crippen LogP contribution in [0.5, 0.6) is 0 Å². The molecule has 1 aliphatic rings. The van der Waals surface area contributed by atoms with E-state index >= 15 is 0 Å². The highest BCUT2D eigenvalue weighted by atomic mass is 127. The van der Waals surface area contributed by atoms with Gasteiger partial charge in [-0.05, 0) is 37.8 Å². The molecule has 1 aliphatic heterocycles. The predicted octanol–water partition coefficient (Wildman–Crippen LogP) is 2.05. The van der Waals surface area contributed by atoms with E-state index in [4.69, 9.17) is 10.7 Å². The van der Waals surface area contributed by atoms with Crippen molar-refractivity contribution in [3.63, 3.8) is 0 Å². The van der Waals surface area contributed by atoms with Crippen molar-refractivity contribution in [2.45, 2.75) is 32.6 Å². The first kappa shape index (κ1) is 21.5. The van der Waals surface area contributed by atoms with Crippen LogP contribution in [0.1, 0.15) is 31.9 Å². The number of aromatic nitrogens is 2. The van der Waals surface area contributed by atoms with Crippen LogP contribution < -0.4 is 11.1 Å². The Morgan fingerprint density at radius 1 is 1.44 bits per heavy atom. The van der Waals surface area contributed by atoms with Gasteiger partial charge in [-0.3, -0.25) is 9.79 Å². The van der Waals surface area contributed by atoms with Gasteiger partial charge in [0.1, 0.15) is 5.65 Å². The number of likely N-dealkylation sites (tertiary alicyclic amines) is 1. The lowest BCUT2D eigenvalue weighted by atomic mass is 9.95. The normalized spacial score (nSPS) is 17.6. The van der Waals surface area contributed by atoms with Crippen LogP contribution in [-0.2, 0) is 11.2 Å². The Labute approximate surface area is 177 Å². The second-order valence-electron chi connectivity index (χ2n) is 6.81. The molecule has 0 bridgehead atoms. The van der Waals surface area contributed by atoms with Gasteiger partial charge in [0.2, 0.25) is 5.91 Å². The second kappa shape index (κ2) is 10.5. The fourth-order valence-electron chi connectivity index (χ4n) is 3.52. The van der Waals surface area contributed by atoms with Crippen LogP contribution in [0.4, 0.5) is 0 Å². The van der Waals surface area contributed by atoms with Crippen molar-refractivity contribution in [1.82, 2.24) is 19.6 Å². The SMILES string of the molecule is CCNC(=NCCc1cn2ccccc2n1)N1CCCC(CC(N)=O)C1.I. The van der Waals surface area contributed by atoms with E-state index in [2.05, 4.69) is 28.3 Å². The van der Waals surface area contributed by atoms with Gasteiger partial charge in [0.15, 0.2) is 5.96 Å². The first-order valence-corrected chi connectivity index (χ1v) is 9.40. The number of carbonyl (C=O) groups excluding carboxylic acids is 1. The molecular formula is C19H29IN6O. The lowest BCUT2D eigenvalue weighted by molar-refractivity contribution is -0.119. The van der Waals surface area contributed by atoms with Crippen molar-refractivity contribution >= 4 is 41.5 Å². The molecule has 1 amide bonds. The average Bonchev–Trinajstić information content (AvgIpc) is 3.03. The zero-order valence-electron chi connectivity index (χ0n) is 15.8. The number of hydrogen-bond donors (Lipinski definition) is 2. The topological polar surface area (TPSA) is 88.0 Å². The fourth-order valence-corrected chi connectivity index (χ4v) is 3.52. The summed E-state index contributed by atoms with van der Waals surface area (Å²) in [5, 5.41) is 3.37. The highest BCUT2D eigenvalue weighted by molar-refractivity contribution is 14.0. The molecule has 27 heavy (non-hydrogen) atoms. The lowest BCUT2D eigenvalue weighted by Crippen LogP contribution is -2.47. The molecule has 1 saturated heterocycles. The predicted molar refractivity (Wildman–Crippen MR) is 118 cm³/mol. The molecule has 0 saturated carbocycles. The van der Waals surface area contributed by atoms with Crippen molar-refractivity contribution < 1.29 is 4.79 Å². The molecular weight excluding hydrogens is 455 g/mol. The van der Waals surface area contributed by atoms with E-state index in [1.54, 1.807) is 0 Å². The molecule has 0 radical (unpaired) electrons. The summed E-state index contributed by atoms with van der Waals surface area (Å²) in [5.74, 6) is 1.03. The molecule has 8 heteroatoms. The number of guanidine groups is 1. The maximum atomic E-state index is 11.2. The van der Waals surface area contributed by atoms with Crippen LogP contribution in [0.2, 0.25) is 0 Å². The van der Waals surface area contributed by atoms with E-state index in [0.29, 0.717) is 18.9 Å². The number of rotatable bonds is 6. The molecule has 0 spiro atoms. The number of aliphatic imine (C=N–C) groups is 1. The average molecular weight is 484 g/mol. The van der Waals surface area contributed by atoms with Gasteiger partial charge >= 0.3 is 0 Å². The number of nitrogens with zero attached hydrogens (tertiary/aromatic N) is 4. The summed E-state index contributed by atoms with van der Waals surface area (Å²) < 4.78 is 2.03.